The molecule has 0 unspecified atom stereocenters. The van der Waals surface area contributed by atoms with Gasteiger partial charge in [-0.1, -0.05) is 24.3 Å². The van der Waals surface area contributed by atoms with Crippen molar-refractivity contribution in [2.75, 3.05) is 7.05 Å². The second kappa shape index (κ2) is 5.65. The molecule has 0 aromatic heterocycles. The molecule has 1 fully saturated rings. The second-order valence-electron chi connectivity index (χ2n) is 5.48. The van der Waals surface area contributed by atoms with Crippen LogP contribution in [0.3, 0.4) is 0 Å². The summed E-state index contributed by atoms with van der Waals surface area (Å²) in [5.74, 6) is 0. The Hall–Kier alpha value is -0.860. The minimum Gasteiger partial charge on any atom is -0.310 e. The lowest BCUT2D eigenvalue weighted by Gasteiger charge is -2.21. The van der Waals surface area contributed by atoms with E-state index < -0.39 is 0 Å². The Morgan fingerprint density at radius 3 is 2.65 bits per heavy atom. The van der Waals surface area contributed by atoms with E-state index in [1.165, 1.54) is 24.0 Å². The molecule has 94 valence electrons. The molecule has 2 heteroatoms. The zero-order valence-corrected chi connectivity index (χ0v) is 11.2. The van der Waals surface area contributed by atoms with Crippen LogP contribution in [0.25, 0.3) is 0 Å². The van der Waals surface area contributed by atoms with Crippen molar-refractivity contribution in [1.82, 2.24) is 10.2 Å². The number of hydrogen-bond donors (Lipinski definition) is 1. The summed E-state index contributed by atoms with van der Waals surface area (Å²) >= 11 is 0. The van der Waals surface area contributed by atoms with E-state index in [0.29, 0.717) is 6.04 Å². The van der Waals surface area contributed by atoms with Gasteiger partial charge in [-0.2, -0.15) is 0 Å². The summed E-state index contributed by atoms with van der Waals surface area (Å²) in [4.78, 5) is 2.37. The molecular formula is C15H24N2. The largest absolute Gasteiger partial charge is 0.310 e. The number of nitrogens with one attached hydrogen (secondary N) is 1. The summed E-state index contributed by atoms with van der Waals surface area (Å²) in [6.45, 7) is 6.52. The van der Waals surface area contributed by atoms with Crippen LogP contribution in [0.15, 0.2) is 24.3 Å². The summed E-state index contributed by atoms with van der Waals surface area (Å²) in [5.41, 5.74) is 2.82. The maximum absolute atomic E-state index is 3.56. The SMILES string of the molecule is CC(C)N(C)Cc1cccc(CNC2CC2)c1. The molecule has 0 aliphatic heterocycles. The molecule has 17 heavy (non-hydrogen) atoms. The first-order chi connectivity index (χ1) is 8.15. The van der Waals surface area contributed by atoms with Crippen LogP contribution in [0.1, 0.15) is 37.8 Å². The lowest BCUT2D eigenvalue weighted by molar-refractivity contribution is 0.266. The Morgan fingerprint density at radius 1 is 1.29 bits per heavy atom. The minimum absolute atomic E-state index is 0.600. The molecule has 1 N–H and O–H groups in total. The van der Waals surface area contributed by atoms with Crippen molar-refractivity contribution >= 4 is 0 Å². The third-order valence-electron chi connectivity index (χ3n) is 3.48. The predicted molar refractivity (Wildman–Crippen MR) is 72.9 cm³/mol. The van der Waals surface area contributed by atoms with Gasteiger partial charge >= 0.3 is 0 Å². The van der Waals surface area contributed by atoms with Gasteiger partial charge < -0.3 is 5.32 Å². The Labute approximate surface area is 105 Å². The molecular weight excluding hydrogens is 208 g/mol. The predicted octanol–water partition coefficient (Wildman–Crippen LogP) is 2.78. The topological polar surface area (TPSA) is 15.3 Å². The zero-order chi connectivity index (χ0) is 12.3. The standard InChI is InChI=1S/C15H24N2/c1-12(2)17(3)11-14-6-4-5-13(9-14)10-16-15-7-8-15/h4-6,9,12,15-16H,7-8,10-11H2,1-3H3. The Morgan fingerprint density at radius 2 is 2.00 bits per heavy atom. The molecule has 1 aromatic rings. The molecule has 2 rings (SSSR count). The first-order valence-corrected chi connectivity index (χ1v) is 6.66. The van der Waals surface area contributed by atoms with E-state index in [0.717, 1.165) is 19.1 Å². The van der Waals surface area contributed by atoms with E-state index in [1.807, 2.05) is 0 Å². The van der Waals surface area contributed by atoms with Crippen molar-refractivity contribution in [1.29, 1.82) is 0 Å². The summed E-state index contributed by atoms with van der Waals surface area (Å²) in [7, 11) is 2.18. The van der Waals surface area contributed by atoms with E-state index in [1.54, 1.807) is 0 Å². The first-order valence-electron chi connectivity index (χ1n) is 6.66. The minimum atomic E-state index is 0.600. The maximum atomic E-state index is 3.56. The van der Waals surface area contributed by atoms with E-state index in [9.17, 15) is 0 Å². The fourth-order valence-corrected chi connectivity index (χ4v) is 1.86. The molecule has 0 atom stereocenters. The highest BCUT2D eigenvalue weighted by molar-refractivity contribution is 5.23. The van der Waals surface area contributed by atoms with Crippen LogP contribution in [-0.4, -0.2) is 24.0 Å². The molecule has 2 nitrogen and oxygen atoms in total. The molecule has 0 saturated heterocycles. The quantitative estimate of drug-likeness (QED) is 0.811. The van der Waals surface area contributed by atoms with Gasteiger partial charge in [-0.05, 0) is 44.9 Å². The number of rotatable bonds is 6. The third-order valence-corrected chi connectivity index (χ3v) is 3.48. The van der Waals surface area contributed by atoms with E-state index >= 15 is 0 Å². The Kier molecular flexibility index (Phi) is 4.19. The summed E-state index contributed by atoms with van der Waals surface area (Å²) in [5, 5.41) is 3.56. The highest BCUT2D eigenvalue weighted by atomic mass is 15.1. The monoisotopic (exact) mass is 232 g/mol. The summed E-state index contributed by atoms with van der Waals surface area (Å²) in [6.07, 6.45) is 2.71. The fraction of sp³-hybridized carbons (Fsp3) is 0.600. The van der Waals surface area contributed by atoms with Gasteiger partial charge in [0.15, 0.2) is 0 Å². The van der Waals surface area contributed by atoms with Crippen molar-refractivity contribution in [2.24, 2.45) is 0 Å². The van der Waals surface area contributed by atoms with Crippen LogP contribution in [0.4, 0.5) is 0 Å². The molecule has 0 amide bonds. The lowest BCUT2D eigenvalue weighted by atomic mass is 10.1. The van der Waals surface area contributed by atoms with Gasteiger partial charge in [-0.15, -0.1) is 0 Å². The van der Waals surface area contributed by atoms with E-state index in [4.69, 9.17) is 0 Å². The molecule has 0 spiro atoms. The molecule has 1 aliphatic carbocycles. The second-order valence-corrected chi connectivity index (χ2v) is 5.48. The van der Waals surface area contributed by atoms with Crippen molar-refractivity contribution in [3.05, 3.63) is 35.4 Å². The van der Waals surface area contributed by atoms with Gasteiger partial charge in [0.25, 0.3) is 0 Å². The average Bonchev–Trinajstić information content (AvgIpc) is 3.10. The van der Waals surface area contributed by atoms with Crippen LogP contribution in [0.5, 0.6) is 0 Å². The molecule has 0 bridgehead atoms. The van der Waals surface area contributed by atoms with Crippen molar-refractivity contribution < 1.29 is 0 Å². The van der Waals surface area contributed by atoms with Crippen LogP contribution < -0.4 is 5.32 Å². The van der Waals surface area contributed by atoms with Crippen LogP contribution in [0.2, 0.25) is 0 Å². The van der Waals surface area contributed by atoms with Crippen molar-refractivity contribution in [3.8, 4) is 0 Å². The lowest BCUT2D eigenvalue weighted by Crippen LogP contribution is -2.25. The average molecular weight is 232 g/mol. The van der Waals surface area contributed by atoms with E-state index in [-0.39, 0.29) is 0 Å². The number of hydrogen-bond acceptors (Lipinski definition) is 2. The Bertz CT molecular complexity index is 356. The highest BCUT2D eigenvalue weighted by Gasteiger charge is 2.19. The Balaban J connectivity index is 1.90. The van der Waals surface area contributed by atoms with Gasteiger partial charge in [0.2, 0.25) is 0 Å². The zero-order valence-electron chi connectivity index (χ0n) is 11.2. The number of nitrogens with zero attached hydrogens (tertiary/aromatic N) is 1. The maximum Gasteiger partial charge on any atom is 0.0233 e. The van der Waals surface area contributed by atoms with Crippen LogP contribution >= 0.6 is 0 Å². The smallest absolute Gasteiger partial charge is 0.0233 e. The van der Waals surface area contributed by atoms with E-state index in [2.05, 4.69) is 55.4 Å². The van der Waals surface area contributed by atoms with Crippen LogP contribution in [-0.2, 0) is 13.1 Å². The normalized spacial score (nSPS) is 15.8. The molecule has 0 heterocycles. The molecule has 1 saturated carbocycles. The summed E-state index contributed by atoms with van der Waals surface area (Å²) in [6, 6.07) is 10.3. The van der Waals surface area contributed by atoms with Gasteiger partial charge in [0, 0.05) is 25.2 Å². The molecule has 1 aliphatic rings. The molecule has 0 radical (unpaired) electrons. The highest BCUT2D eigenvalue weighted by Crippen LogP contribution is 2.19. The van der Waals surface area contributed by atoms with Gasteiger partial charge in [-0.3, -0.25) is 4.90 Å². The van der Waals surface area contributed by atoms with Crippen molar-refractivity contribution in [2.45, 2.75) is 51.9 Å². The van der Waals surface area contributed by atoms with Gasteiger partial charge in [0.1, 0.15) is 0 Å². The molecule has 1 aromatic carbocycles. The summed E-state index contributed by atoms with van der Waals surface area (Å²) < 4.78 is 0. The van der Waals surface area contributed by atoms with Gasteiger partial charge in [-0.25, -0.2) is 0 Å². The first kappa shape index (κ1) is 12.6. The van der Waals surface area contributed by atoms with Crippen molar-refractivity contribution in [3.63, 3.8) is 0 Å². The van der Waals surface area contributed by atoms with Crippen LogP contribution in [0, 0.1) is 0 Å². The van der Waals surface area contributed by atoms with Gasteiger partial charge in [0.05, 0.1) is 0 Å². The number of benzene rings is 1. The fourth-order valence-electron chi connectivity index (χ4n) is 1.86. The third kappa shape index (κ3) is 4.14.